The molecule has 3 aliphatic rings. The fraction of sp³-hybridized carbons (Fsp3) is 0.444. The summed E-state index contributed by atoms with van der Waals surface area (Å²) in [5, 5.41) is 15.0. The van der Waals surface area contributed by atoms with E-state index in [4.69, 9.17) is 4.74 Å². The van der Waals surface area contributed by atoms with Crippen molar-refractivity contribution in [3.8, 4) is 11.1 Å². The molecule has 2 amide bonds. The summed E-state index contributed by atoms with van der Waals surface area (Å²) in [6, 6.07) is 15.1. The summed E-state index contributed by atoms with van der Waals surface area (Å²) in [6.07, 6.45) is 4.06. The van der Waals surface area contributed by atoms with Crippen LogP contribution in [0.1, 0.15) is 55.6 Å². The number of carbonyl (C=O) groups excluding carboxylic acids is 2. The van der Waals surface area contributed by atoms with Gasteiger partial charge in [0.2, 0.25) is 5.91 Å². The summed E-state index contributed by atoms with van der Waals surface area (Å²) < 4.78 is 5.63. The largest absolute Gasteiger partial charge is 0.480 e. The van der Waals surface area contributed by atoms with Gasteiger partial charge in [-0.3, -0.25) is 4.79 Å². The van der Waals surface area contributed by atoms with Crippen molar-refractivity contribution in [3.63, 3.8) is 0 Å². The lowest BCUT2D eigenvalue weighted by Gasteiger charge is -2.23. The van der Waals surface area contributed by atoms with E-state index in [1.165, 1.54) is 11.1 Å². The van der Waals surface area contributed by atoms with Crippen LogP contribution < -0.4 is 10.6 Å². The van der Waals surface area contributed by atoms with E-state index in [9.17, 15) is 19.5 Å². The number of alkyl carbamates (subject to hydrolysis) is 1. The Morgan fingerprint density at radius 2 is 1.59 bits per heavy atom. The zero-order valence-corrected chi connectivity index (χ0v) is 19.0. The van der Waals surface area contributed by atoms with Gasteiger partial charge in [0, 0.05) is 12.0 Å². The highest BCUT2D eigenvalue weighted by molar-refractivity contribution is 5.86. The number of carbonyl (C=O) groups is 3. The van der Waals surface area contributed by atoms with Crippen molar-refractivity contribution in [3.05, 3.63) is 59.7 Å². The number of aliphatic carboxylic acids is 1. The van der Waals surface area contributed by atoms with Crippen molar-refractivity contribution in [1.29, 1.82) is 0 Å². The van der Waals surface area contributed by atoms with E-state index >= 15 is 0 Å². The quantitative estimate of drug-likeness (QED) is 0.549. The first-order valence-electron chi connectivity index (χ1n) is 12.2. The lowest BCUT2D eigenvalue weighted by atomic mass is 9.98. The molecule has 0 aromatic heterocycles. The monoisotopic (exact) mass is 462 g/mol. The van der Waals surface area contributed by atoms with Gasteiger partial charge >= 0.3 is 12.1 Å². The Morgan fingerprint density at radius 3 is 2.21 bits per heavy atom. The second-order valence-electron chi connectivity index (χ2n) is 9.69. The first-order valence-corrected chi connectivity index (χ1v) is 12.2. The minimum Gasteiger partial charge on any atom is -0.480 e. The second-order valence-corrected chi connectivity index (χ2v) is 9.69. The first kappa shape index (κ1) is 22.4. The Kier molecular flexibility index (Phi) is 6.26. The third-order valence-electron chi connectivity index (χ3n) is 7.38. The summed E-state index contributed by atoms with van der Waals surface area (Å²) in [6.45, 7) is 0.214. The van der Waals surface area contributed by atoms with Gasteiger partial charge in [0.05, 0.1) is 5.92 Å². The minimum absolute atomic E-state index is 0.0282. The van der Waals surface area contributed by atoms with E-state index in [2.05, 4.69) is 34.9 Å². The van der Waals surface area contributed by atoms with E-state index in [0.29, 0.717) is 25.2 Å². The summed E-state index contributed by atoms with van der Waals surface area (Å²) in [5.74, 6) is -1.38. The molecule has 2 aromatic rings. The van der Waals surface area contributed by atoms with Crippen molar-refractivity contribution < 1.29 is 24.2 Å². The van der Waals surface area contributed by atoms with Crippen LogP contribution in [0.2, 0.25) is 0 Å². The zero-order valence-electron chi connectivity index (χ0n) is 19.0. The number of carboxylic acids is 1. The first-order chi connectivity index (χ1) is 16.5. The second kappa shape index (κ2) is 9.49. The fourth-order valence-corrected chi connectivity index (χ4v) is 5.43. The van der Waals surface area contributed by atoms with Crippen LogP contribution in [0.3, 0.4) is 0 Å². The van der Waals surface area contributed by atoms with E-state index in [0.717, 1.165) is 30.4 Å². The van der Waals surface area contributed by atoms with Crippen LogP contribution in [-0.2, 0) is 14.3 Å². The standard InChI is InChI=1S/C27H30N2O5/c30-25(28-24(26(31)32)14-16-12-13-16)21-10-5-11-23(21)29-27(33)34-15-22-19-8-3-1-6-17(19)18-7-2-4-9-20(18)22/h1-4,6-9,16,21-24H,5,10-15H2,(H,28,30)(H,29,33)(H,31,32)/t21?,23?,24-/m0/s1. The molecule has 2 saturated carbocycles. The van der Waals surface area contributed by atoms with Crippen LogP contribution in [0, 0.1) is 11.8 Å². The molecule has 0 saturated heterocycles. The molecule has 5 rings (SSSR count). The lowest BCUT2D eigenvalue weighted by molar-refractivity contribution is -0.142. The van der Waals surface area contributed by atoms with Gasteiger partial charge in [-0.25, -0.2) is 9.59 Å². The molecule has 3 aliphatic carbocycles. The van der Waals surface area contributed by atoms with Gasteiger partial charge in [-0.2, -0.15) is 0 Å². The lowest BCUT2D eigenvalue weighted by Crippen LogP contribution is -2.49. The Morgan fingerprint density at radius 1 is 0.941 bits per heavy atom. The molecule has 34 heavy (non-hydrogen) atoms. The zero-order chi connectivity index (χ0) is 23.7. The fourth-order valence-electron chi connectivity index (χ4n) is 5.43. The maximum Gasteiger partial charge on any atom is 0.407 e. The van der Waals surface area contributed by atoms with Crippen LogP contribution in [0.5, 0.6) is 0 Å². The minimum atomic E-state index is -1.00. The highest BCUT2D eigenvalue weighted by atomic mass is 16.5. The number of nitrogens with one attached hydrogen (secondary N) is 2. The molecule has 178 valence electrons. The van der Waals surface area contributed by atoms with Gasteiger partial charge in [0.15, 0.2) is 0 Å². The van der Waals surface area contributed by atoms with Crippen LogP contribution in [0.15, 0.2) is 48.5 Å². The Balaban J connectivity index is 1.18. The molecule has 7 heteroatoms. The van der Waals surface area contributed by atoms with E-state index in [-0.39, 0.29) is 24.5 Å². The highest BCUT2D eigenvalue weighted by Gasteiger charge is 2.38. The van der Waals surface area contributed by atoms with Gasteiger partial charge in [-0.1, -0.05) is 67.8 Å². The van der Waals surface area contributed by atoms with Gasteiger partial charge < -0.3 is 20.5 Å². The van der Waals surface area contributed by atoms with E-state index in [1.807, 2.05) is 24.3 Å². The summed E-state index contributed by atoms with van der Waals surface area (Å²) in [4.78, 5) is 37.1. The topological polar surface area (TPSA) is 105 Å². The molecule has 2 aromatic carbocycles. The smallest absolute Gasteiger partial charge is 0.407 e. The SMILES string of the molecule is O=C(NC1CCCC1C(=O)N[C@@H](CC1CC1)C(=O)O)OCC1c2ccccc2-c2ccccc21. The number of fused-ring (bicyclic) bond motifs is 3. The third-order valence-corrected chi connectivity index (χ3v) is 7.38. The molecule has 7 nitrogen and oxygen atoms in total. The number of rotatable bonds is 8. The van der Waals surface area contributed by atoms with Crippen molar-refractivity contribution in [2.75, 3.05) is 6.61 Å². The van der Waals surface area contributed by atoms with E-state index < -0.39 is 24.0 Å². The molecule has 0 spiro atoms. The van der Waals surface area contributed by atoms with Crippen LogP contribution in [0.25, 0.3) is 11.1 Å². The Bertz CT molecular complexity index is 1050. The molecule has 2 fully saturated rings. The number of ether oxygens (including phenoxy) is 1. The number of amides is 2. The molecule has 3 atom stereocenters. The number of benzene rings is 2. The average Bonchev–Trinajstić information content (AvgIpc) is 3.43. The van der Waals surface area contributed by atoms with Gasteiger partial charge in [0.25, 0.3) is 0 Å². The van der Waals surface area contributed by atoms with Gasteiger partial charge in [0.1, 0.15) is 12.6 Å². The molecule has 0 bridgehead atoms. The van der Waals surface area contributed by atoms with Gasteiger partial charge in [-0.15, -0.1) is 0 Å². The molecule has 0 aliphatic heterocycles. The summed E-state index contributed by atoms with van der Waals surface area (Å²) >= 11 is 0. The maximum absolute atomic E-state index is 12.8. The normalized spacial score (nSPS) is 21.9. The number of hydrogen-bond acceptors (Lipinski definition) is 4. The highest BCUT2D eigenvalue weighted by Crippen LogP contribution is 2.44. The molecular weight excluding hydrogens is 432 g/mol. The Labute approximate surface area is 198 Å². The van der Waals surface area contributed by atoms with Crippen LogP contribution in [0.4, 0.5) is 4.79 Å². The van der Waals surface area contributed by atoms with Crippen molar-refractivity contribution in [2.45, 2.75) is 56.5 Å². The van der Waals surface area contributed by atoms with Crippen molar-refractivity contribution in [2.24, 2.45) is 11.8 Å². The summed E-state index contributed by atoms with van der Waals surface area (Å²) in [7, 11) is 0. The summed E-state index contributed by atoms with van der Waals surface area (Å²) in [5.41, 5.74) is 4.62. The predicted octanol–water partition coefficient (Wildman–Crippen LogP) is 4.06. The van der Waals surface area contributed by atoms with Crippen LogP contribution >= 0.6 is 0 Å². The average molecular weight is 463 g/mol. The molecular formula is C27H30N2O5. The molecule has 2 unspecified atom stereocenters. The number of hydrogen-bond donors (Lipinski definition) is 3. The number of carboxylic acid groups (broad SMARTS) is 1. The third kappa shape index (κ3) is 4.65. The molecule has 3 N–H and O–H groups in total. The predicted molar refractivity (Wildman–Crippen MR) is 126 cm³/mol. The van der Waals surface area contributed by atoms with Crippen molar-refractivity contribution in [1.82, 2.24) is 10.6 Å². The van der Waals surface area contributed by atoms with Gasteiger partial charge in [-0.05, 0) is 47.4 Å². The molecule has 0 radical (unpaired) electrons. The maximum atomic E-state index is 12.8. The molecule has 0 heterocycles. The Hall–Kier alpha value is -3.35. The van der Waals surface area contributed by atoms with E-state index in [1.54, 1.807) is 0 Å². The van der Waals surface area contributed by atoms with Crippen molar-refractivity contribution >= 4 is 18.0 Å². The van der Waals surface area contributed by atoms with Crippen LogP contribution in [-0.4, -0.2) is 41.8 Å².